The minimum absolute atomic E-state index is 0.0133. The van der Waals surface area contributed by atoms with Gasteiger partial charge in [0, 0.05) is 11.4 Å². The van der Waals surface area contributed by atoms with Crippen molar-refractivity contribution < 1.29 is 4.79 Å². The molecule has 0 radical (unpaired) electrons. The van der Waals surface area contributed by atoms with Crippen molar-refractivity contribution in [1.82, 2.24) is 15.5 Å². The molecule has 4 nitrogen and oxygen atoms in total. The molecule has 1 aromatic carbocycles. The molecule has 2 amide bonds. The number of hydrogen-bond acceptors (Lipinski definition) is 3. The number of benzene rings is 1. The lowest BCUT2D eigenvalue weighted by Crippen LogP contribution is -2.41. The number of carbonyl (C=O) groups is 1. The fourth-order valence-electron chi connectivity index (χ4n) is 2.97. The minimum Gasteiger partial charge on any atom is -0.333 e. The van der Waals surface area contributed by atoms with E-state index in [9.17, 15) is 4.79 Å². The van der Waals surface area contributed by atoms with E-state index in [0.717, 1.165) is 33.9 Å². The van der Waals surface area contributed by atoms with E-state index < -0.39 is 0 Å². The van der Waals surface area contributed by atoms with Gasteiger partial charge in [-0.3, -0.25) is 0 Å². The van der Waals surface area contributed by atoms with E-state index >= 15 is 0 Å². The monoisotopic (exact) mass is 407 g/mol. The quantitative estimate of drug-likeness (QED) is 0.755. The zero-order valence-electron chi connectivity index (χ0n) is 13.5. The molecular formula is C18H22BrN3OS. The van der Waals surface area contributed by atoms with Crippen molar-refractivity contribution in [2.75, 3.05) is 19.6 Å². The number of likely N-dealkylation sites (tertiary alicyclic amines) is 1. The largest absolute Gasteiger partial charge is 0.333 e. The first-order chi connectivity index (χ1) is 11.7. The number of nitrogens with zero attached hydrogens (tertiary/aromatic N) is 1. The van der Waals surface area contributed by atoms with E-state index in [2.05, 4.69) is 43.6 Å². The van der Waals surface area contributed by atoms with Crippen molar-refractivity contribution in [3.8, 4) is 0 Å². The summed E-state index contributed by atoms with van der Waals surface area (Å²) < 4.78 is 1.08. The van der Waals surface area contributed by atoms with Crippen LogP contribution in [0.2, 0.25) is 0 Å². The van der Waals surface area contributed by atoms with Gasteiger partial charge in [-0.25, -0.2) is 4.79 Å². The predicted octanol–water partition coefficient (Wildman–Crippen LogP) is 4.15. The molecule has 1 aliphatic heterocycles. The number of thiophene rings is 1. The first kappa shape index (κ1) is 17.5. The molecule has 2 N–H and O–H groups in total. The standard InChI is InChI=1S/C18H22BrN3OS/c19-17-9-8-15(24-17)12-20-18(23)21-16(13-22-10-4-5-11-22)14-6-2-1-3-7-14/h1-3,6-9,16H,4-5,10-13H2,(H2,20,21,23). The van der Waals surface area contributed by atoms with Gasteiger partial charge in [0.15, 0.2) is 0 Å². The Morgan fingerprint density at radius 1 is 1.17 bits per heavy atom. The molecule has 2 aromatic rings. The van der Waals surface area contributed by atoms with Gasteiger partial charge in [-0.05, 0) is 59.6 Å². The van der Waals surface area contributed by atoms with E-state index in [0.29, 0.717) is 6.54 Å². The van der Waals surface area contributed by atoms with Crippen LogP contribution in [-0.4, -0.2) is 30.6 Å². The summed E-state index contributed by atoms with van der Waals surface area (Å²) in [4.78, 5) is 15.9. The Balaban J connectivity index is 1.58. The number of hydrogen-bond donors (Lipinski definition) is 2. The third-order valence-electron chi connectivity index (χ3n) is 4.20. The molecule has 3 rings (SSSR count). The zero-order valence-corrected chi connectivity index (χ0v) is 15.9. The van der Waals surface area contributed by atoms with E-state index in [4.69, 9.17) is 0 Å². The number of halogens is 1. The number of amides is 2. The van der Waals surface area contributed by atoms with Gasteiger partial charge in [0.2, 0.25) is 0 Å². The molecule has 1 unspecified atom stereocenters. The van der Waals surface area contributed by atoms with Crippen LogP contribution in [0.5, 0.6) is 0 Å². The summed E-state index contributed by atoms with van der Waals surface area (Å²) in [6.45, 7) is 3.65. The summed E-state index contributed by atoms with van der Waals surface area (Å²) in [6, 6.07) is 14.1. The van der Waals surface area contributed by atoms with Crippen LogP contribution in [0.3, 0.4) is 0 Å². The number of nitrogens with one attached hydrogen (secondary N) is 2. The fraction of sp³-hybridized carbons (Fsp3) is 0.389. The molecule has 128 valence electrons. The Bertz CT molecular complexity index is 655. The lowest BCUT2D eigenvalue weighted by Gasteiger charge is -2.25. The predicted molar refractivity (Wildman–Crippen MR) is 102 cm³/mol. The van der Waals surface area contributed by atoms with Crippen LogP contribution in [0, 0.1) is 0 Å². The summed E-state index contributed by atoms with van der Waals surface area (Å²) in [6.07, 6.45) is 2.50. The van der Waals surface area contributed by atoms with Crippen LogP contribution < -0.4 is 10.6 Å². The first-order valence-corrected chi connectivity index (χ1v) is 9.87. The van der Waals surface area contributed by atoms with Gasteiger partial charge in [-0.1, -0.05) is 30.3 Å². The van der Waals surface area contributed by atoms with Gasteiger partial charge >= 0.3 is 6.03 Å². The normalized spacial score (nSPS) is 16.0. The number of urea groups is 1. The maximum Gasteiger partial charge on any atom is 0.315 e. The molecule has 1 atom stereocenters. The van der Waals surface area contributed by atoms with Crippen molar-refractivity contribution in [2.45, 2.75) is 25.4 Å². The molecule has 24 heavy (non-hydrogen) atoms. The molecular weight excluding hydrogens is 386 g/mol. The summed E-state index contributed by atoms with van der Waals surface area (Å²) >= 11 is 5.08. The molecule has 6 heteroatoms. The summed E-state index contributed by atoms with van der Waals surface area (Å²) in [7, 11) is 0. The SMILES string of the molecule is O=C(NCc1ccc(Br)s1)NC(CN1CCCC1)c1ccccc1. The van der Waals surface area contributed by atoms with Crippen LogP contribution in [0.15, 0.2) is 46.3 Å². The lowest BCUT2D eigenvalue weighted by molar-refractivity contribution is 0.229. The summed E-state index contributed by atoms with van der Waals surface area (Å²) in [5.41, 5.74) is 1.15. The summed E-state index contributed by atoms with van der Waals surface area (Å²) in [5, 5.41) is 6.10. The second kappa shape index (κ2) is 8.65. The summed E-state index contributed by atoms with van der Waals surface area (Å²) in [5.74, 6) is 0. The van der Waals surface area contributed by atoms with Crippen LogP contribution in [0.25, 0.3) is 0 Å². The highest BCUT2D eigenvalue weighted by molar-refractivity contribution is 9.11. The second-order valence-corrected chi connectivity index (χ2v) is 8.55. The van der Waals surface area contributed by atoms with Crippen molar-refractivity contribution in [2.24, 2.45) is 0 Å². The van der Waals surface area contributed by atoms with E-state index in [-0.39, 0.29) is 12.1 Å². The van der Waals surface area contributed by atoms with Crippen LogP contribution in [-0.2, 0) is 6.54 Å². The Labute approximate surface area is 155 Å². The van der Waals surface area contributed by atoms with Gasteiger partial charge in [-0.2, -0.15) is 0 Å². The fourth-order valence-corrected chi connectivity index (χ4v) is 4.39. The Hall–Kier alpha value is -1.37. The van der Waals surface area contributed by atoms with E-state index in [1.807, 2.05) is 30.3 Å². The topological polar surface area (TPSA) is 44.4 Å². The zero-order chi connectivity index (χ0) is 16.8. The average molecular weight is 408 g/mol. The van der Waals surface area contributed by atoms with Crippen LogP contribution >= 0.6 is 27.3 Å². The molecule has 2 heterocycles. The minimum atomic E-state index is -0.118. The van der Waals surface area contributed by atoms with Crippen molar-refractivity contribution in [3.63, 3.8) is 0 Å². The van der Waals surface area contributed by atoms with Gasteiger partial charge in [0.1, 0.15) is 0 Å². The maximum absolute atomic E-state index is 12.3. The molecule has 1 fully saturated rings. The van der Waals surface area contributed by atoms with Crippen molar-refractivity contribution in [3.05, 3.63) is 56.7 Å². The van der Waals surface area contributed by atoms with Gasteiger partial charge < -0.3 is 15.5 Å². The van der Waals surface area contributed by atoms with E-state index in [1.54, 1.807) is 11.3 Å². The molecule has 0 bridgehead atoms. The molecule has 1 aromatic heterocycles. The first-order valence-electron chi connectivity index (χ1n) is 8.26. The average Bonchev–Trinajstić information content (AvgIpc) is 3.25. The third-order valence-corrected chi connectivity index (χ3v) is 5.82. The van der Waals surface area contributed by atoms with Crippen molar-refractivity contribution >= 4 is 33.3 Å². The van der Waals surface area contributed by atoms with Gasteiger partial charge in [0.25, 0.3) is 0 Å². The number of rotatable bonds is 6. The van der Waals surface area contributed by atoms with Gasteiger partial charge in [-0.15, -0.1) is 11.3 Å². The Kier molecular flexibility index (Phi) is 6.29. The van der Waals surface area contributed by atoms with Crippen molar-refractivity contribution in [1.29, 1.82) is 0 Å². The van der Waals surface area contributed by atoms with Gasteiger partial charge in [0.05, 0.1) is 16.4 Å². The molecule has 0 spiro atoms. The highest BCUT2D eigenvalue weighted by atomic mass is 79.9. The molecule has 1 saturated heterocycles. The Morgan fingerprint density at radius 2 is 1.92 bits per heavy atom. The highest BCUT2D eigenvalue weighted by Gasteiger charge is 2.20. The number of carbonyl (C=O) groups excluding carboxylic acids is 1. The van der Waals surface area contributed by atoms with Crippen LogP contribution in [0.4, 0.5) is 4.79 Å². The van der Waals surface area contributed by atoms with E-state index in [1.165, 1.54) is 12.8 Å². The third kappa shape index (κ3) is 5.06. The smallest absolute Gasteiger partial charge is 0.315 e. The lowest BCUT2D eigenvalue weighted by atomic mass is 10.1. The molecule has 1 aliphatic rings. The molecule has 0 aliphatic carbocycles. The molecule has 0 saturated carbocycles. The van der Waals surface area contributed by atoms with Crippen LogP contribution in [0.1, 0.15) is 29.3 Å². The maximum atomic E-state index is 12.3. The Morgan fingerprint density at radius 3 is 2.58 bits per heavy atom. The highest BCUT2D eigenvalue weighted by Crippen LogP contribution is 2.22. The second-order valence-electron chi connectivity index (χ2n) is 6.00.